The van der Waals surface area contributed by atoms with Crippen LogP contribution >= 0.6 is 0 Å². The zero-order chi connectivity index (χ0) is 18.3. The van der Waals surface area contributed by atoms with Gasteiger partial charge in [-0.25, -0.2) is 4.98 Å². The predicted molar refractivity (Wildman–Crippen MR) is 95.6 cm³/mol. The summed E-state index contributed by atoms with van der Waals surface area (Å²) in [5, 5.41) is 29.5. The summed E-state index contributed by atoms with van der Waals surface area (Å²) in [6, 6.07) is 13.6. The Bertz CT molecular complexity index is 1170. The Labute approximate surface area is 147 Å². The van der Waals surface area contributed by atoms with Crippen LogP contribution in [0.4, 0.5) is 0 Å². The Morgan fingerprint density at radius 1 is 0.923 bits per heavy atom. The molecule has 0 aliphatic carbocycles. The molecule has 2 aromatic carbocycles. The molecule has 0 bridgehead atoms. The van der Waals surface area contributed by atoms with Crippen LogP contribution in [0.2, 0.25) is 0 Å². The van der Waals surface area contributed by atoms with Gasteiger partial charge < -0.3 is 15.3 Å². The van der Waals surface area contributed by atoms with Gasteiger partial charge in [0.25, 0.3) is 5.56 Å². The van der Waals surface area contributed by atoms with E-state index >= 15 is 0 Å². The van der Waals surface area contributed by atoms with Crippen LogP contribution in [0.15, 0.2) is 65.7 Å². The SMILES string of the molecule is O=c1c2c(O)c(O)c(O)cc2nc(-c2ccccc2)n1-c1cccnc1. The van der Waals surface area contributed by atoms with Gasteiger partial charge >= 0.3 is 0 Å². The van der Waals surface area contributed by atoms with Crippen LogP contribution in [0.1, 0.15) is 0 Å². The van der Waals surface area contributed by atoms with Crippen molar-refractivity contribution in [1.82, 2.24) is 14.5 Å². The van der Waals surface area contributed by atoms with Gasteiger partial charge in [0.05, 0.1) is 17.4 Å². The number of aromatic nitrogens is 3. The molecule has 0 saturated heterocycles. The van der Waals surface area contributed by atoms with E-state index in [0.29, 0.717) is 17.1 Å². The Morgan fingerprint density at radius 3 is 2.38 bits per heavy atom. The van der Waals surface area contributed by atoms with Gasteiger partial charge in [-0.1, -0.05) is 30.3 Å². The van der Waals surface area contributed by atoms with Crippen LogP contribution in [0, 0.1) is 0 Å². The van der Waals surface area contributed by atoms with Crippen LogP contribution in [0.5, 0.6) is 17.2 Å². The van der Waals surface area contributed by atoms with E-state index in [-0.39, 0.29) is 10.9 Å². The fraction of sp³-hybridized carbons (Fsp3) is 0. The third-order valence-corrected chi connectivity index (χ3v) is 4.02. The number of fused-ring (bicyclic) bond motifs is 1. The van der Waals surface area contributed by atoms with Crippen molar-refractivity contribution in [2.45, 2.75) is 0 Å². The second-order valence-corrected chi connectivity index (χ2v) is 5.64. The topological polar surface area (TPSA) is 108 Å². The van der Waals surface area contributed by atoms with E-state index in [4.69, 9.17) is 0 Å². The Kier molecular flexibility index (Phi) is 3.54. The Balaban J connectivity index is 2.19. The van der Waals surface area contributed by atoms with Gasteiger partial charge in [0, 0.05) is 17.8 Å². The lowest BCUT2D eigenvalue weighted by atomic mass is 10.1. The molecule has 4 rings (SSSR count). The molecule has 0 aliphatic rings. The second kappa shape index (κ2) is 5.89. The maximum absolute atomic E-state index is 13.1. The molecule has 0 saturated carbocycles. The van der Waals surface area contributed by atoms with E-state index in [2.05, 4.69) is 9.97 Å². The summed E-state index contributed by atoms with van der Waals surface area (Å²) in [7, 11) is 0. The van der Waals surface area contributed by atoms with E-state index in [9.17, 15) is 20.1 Å². The van der Waals surface area contributed by atoms with E-state index < -0.39 is 22.8 Å². The van der Waals surface area contributed by atoms with Gasteiger partial charge in [0.1, 0.15) is 11.2 Å². The van der Waals surface area contributed by atoms with E-state index in [0.717, 1.165) is 6.07 Å². The molecular weight excluding hydrogens is 334 g/mol. The minimum absolute atomic E-state index is 0.0711. The van der Waals surface area contributed by atoms with Crippen molar-refractivity contribution in [1.29, 1.82) is 0 Å². The Morgan fingerprint density at radius 2 is 1.69 bits per heavy atom. The second-order valence-electron chi connectivity index (χ2n) is 5.64. The molecule has 26 heavy (non-hydrogen) atoms. The highest BCUT2D eigenvalue weighted by atomic mass is 16.3. The minimum atomic E-state index is -0.762. The van der Waals surface area contributed by atoms with Crippen LogP contribution in [0.25, 0.3) is 28.0 Å². The van der Waals surface area contributed by atoms with Crippen LogP contribution < -0.4 is 5.56 Å². The maximum atomic E-state index is 13.1. The van der Waals surface area contributed by atoms with Crippen molar-refractivity contribution < 1.29 is 15.3 Å². The van der Waals surface area contributed by atoms with E-state index in [1.54, 1.807) is 30.5 Å². The molecule has 0 radical (unpaired) electrons. The van der Waals surface area contributed by atoms with Crippen molar-refractivity contribution in [3.8, 4) is 34.3 Å². The normalized spacial score (nSPS) is 10.9. The van der Waals surface area contributed by atoms with Gasteiger partial charge in [0.2, 0.25) is 5.75 Å². The highest BCUT2D eigenvalue weighted by Gasteiger charge is 2.20. The molecule has 4 aromatic rings. The van der Waals surface area contributed by atoms with Gasteiger partial charge in [-0.05, 0) is 12.1 Å². The number of hydrogen-bond donors (Lipinski definition) is 3. The van der Waals surface area contributed by atoms with Gasteiger partial charge in [0.15, 0.2) is 11.5 Å². The number of rotatable bonds is 2. The summed E-state index contributed by atoms with van der Waals surface area (Å²) in [6.07, 6.45) is 3.07. The standard InChI is InChI=1S/C19H13N3O4/c23-14-9-13-15(17(25)16(14)24)19(26)22(12-7-4-8-20-10-12)18(21-13)11-5-2-1-3-6-11/h1-10,23-25H. The lowest BCUT2D eigenvalue weighted by Crippen LogP contribution is -2.22. The van der Waals surface area contributed by atoms with Crippen molar-refractivity contribution in [3.05, 3.63) is 71.3 Å². The number of benzene rings is 2. The first kappa shape index (κ1) is 15.6. The number of nitrogens with zero attached hydrogens (tertiary/aromatic N) is 3. The number of pyridine rings is 1. The molecule has 0 amide bonds. The van der Waals surface area contributed by atoms with E-state index in [1.807, 2.05) is 18.2 Å². The van der Waals surface area contributed by atoms with Crippen molar-refractivity contribution in [3.63, 3.8) is 0 Å². The highest BCUT2D eigenvalue weighted by Crippen LogP contribution is 2.39. The van der Waals surface area contributed by atoms with Crippen LogP contribution in [0.3, 0.4) is 0 Å². The molecule has 2 aromatic heterocycles. The quantitative estimate of drug-likeness (QED) is 0.481. The summed E-state index contributed by atoms with van der Waals surface area (Å²) >= 11 is 0. The lowest BCUT2D eigenvalue weighted by Gasteiger charge is -2.14. The molecule has 2 heterocycles. The van der Waals surface area contributed by atoms with Gasteiger partial charge in [-0.3, -0.25) is 14.3 Å². The number of phenolic OH excluding ortho intramolecular Hbond substituents is 3. The van der Waals surface area contributed by atoms with Gasteiger partial charge in [-0.15, -0.1) is 0 Å². The molecule has 0 atom stereocenters. The van der Waals surface area contributed by atoms with Crippen LogP contribution in [-0.2, 0) is 0 Å². The first-order chi connectivity index (χ1) is 12.6. The van der Waals surface area contributed by atoms with Crippen molar-refractivity contribution in [2.75, 3.05) is 0 Å². The minimum Gasteiger partial charge on any atom is -0.504 e. The number of hydrogen-bond acceptors (Lipinski definition) is 6. The van der Waals surface area contributed by atoms with E-state index in [1.165, 1.54) is 10.8 Å². The molecular formula is C19H13N3O4. The van der Waals surface area contributed by atoms with Gasteiger partial charge in [-0.2, -0.15) is 0 Å². The molecule has 0 aliphatic heterocycles. The molecule has 3 N–H and O–H groups in total. The largest absolute Gasteiger partial charge is 0.504 e. The predicted octanol–water partition coefficient (Wildman–Crippen LogP) is 2.56. The average Bonchev–Trinajstić information content (AvgIpc) is 2.67. The number of aromatic hydroxyl groups is 3. The zero-order valence-electron chi connectivity index (χ0n) is 13.4. The maximum Gasteiger partial charge on any atom is 0.270 e. The Hall–Kier alpha value is -3.87. The zero-order valence-corrected chi connectivity index (χ0v) is 13.4. The molecule has 0 fully saturated rings. The third kappa shape index (κ3) is 2.34. The van der Waals surface area contributed by atoms with Crippen molar-refractivity contribution >= 4 is 10.9 Å². The van der Waals surface area contributed by atoms with Crippen LogP contribution in [-0.4, -0.2) is 29.9 Å². The monoisotopic (exact) mass is 347 g/mol. The molecule has 7 heteroatoms. The molecule has 0 unspecified atom stereocenters. The van der Waals surface area contributed by atoms with Crippen molar-refractivity contribution in [2.24, 2.45) is 0 Å². The highest BCUT2D eigenvalue weighted by molar-refractivity contribution is 5.90. The third-order valence-electron chi connectivity index (χ3n) is 4.02. The fourth-order valence-electron chi connectivity index (χ4n) is 2.81. The first-order valence-electron chi connectivity index (χ1n) is 7.74. The first-order valence-corrected chi connectivity index (χ1v) is 7.74. The fourth-order valence-corrected chi connectivity index (χ4v) is 2.81. The summed E-state index contributed by atoms with van der Waals surface area (Å²) < 4.78 is 1.31. The molecule has 0 spiro atoms. The number of phenols is 3. The summed E-state index contributed by atoms with van der Waals surface area (Å²) in [5.41, 5.74) is 0.608. The summed E-state index contributed by atoms with van der Waals surface area (Å²) in [6.45, 7) is 0. The summed E-state index contributed by atoms with van der Waals surface area (Å²) in [5.74, 6) is -1.71. The smallest absolute Gasteiger partial charge is 0.270 e. The molecule has 128 valence electrons. The lowest BCUT2D eigenvalue weighted by molar-refractivity contribution is 0.371. The average molecular weight is 347 g/mol. The summed E-state index contributed by atoms with van der Waals surface area (Å²) in [4.78, 5) is 21.6. The molecule has 7 nitrogen and oxygen atoms in total.